The van der Waals surface area contributed by atoms with Crippen LogP contribution in [0.5, 0.6) is 0 Å². The number of carbonyl (C=O) groups excluding carboxylic acids is 1. The second-order valence-electron chi connectivity index (χ2n) is 7.01. The molecule has 0 bridgehead atoms. The lowest BCUT2D eigenvalue weighted by molar-refractivity contribution is -0.123. The van der Waals surface area contributed by atoms with E-state index in [2.05, 4.69) is 24.1 Å². The first kappa shape index (κ1) is 16.7. The first-order chi connectivity index (χ1) is 11.5. The highest BCUT2D eigenvalue weighted by Crippen LogP contribution is 2.29. The fourth-order valence-electron chi connectivity index (χ4n) is 3.65. The smallest absolute Gasteiger partial charge is 0.261 e. The number of benzene rings is 1. The average molecular weight is 327 g/mol. The topological polar surface area (TPSA) is 64.0 Å². The minimum atomic E-state index is -0.154. The Morgan fingerprint density at radius 3 is 2.83 bits per heavy atom. The fraction of sp³-hybridized carbons (Fsp3) is 0.526. The third-order valence-corrected chi connectivity index (χ3v) is 5.41. The standard InChI is InChI=1S/C19H25N3O2/c1-12-7-6-10-16(13(12)2)21-18(23)11-22-14(3)20-17-9-5-4-8-15(17)19(22)24/h4-5,8-9,12-13,16H,6-7,10-11H2,1-3H3,(H,21,23)/t12-,13+,16-/m1/s1. The highest BCUT2D eigenvalue weighted by atomic mass is 16.2. The van der Waals surface area contributed by atoms with E-state index in [0.29, 0.717) is 28.6 Å². The van der Waals surface area contributed by atoms with Gasteiger partial charge in [-0.05, 0) is 37.3 Å². The Bertz CT molecular complexity index is 812. The van der Waals surface area contributed by atoms with Gasteiger partial charge in [0.25, 0.3) is 5.56 Å². The van der Waals surface area contributed by atoms with Crippen molar-refractivity contribution in [3.8, 4) is 0 Å². The van der Waals surface area contributed by atoms with Crippen molar-refractivity contribution in [2.24, 2.45) is 11.8 Å². The molecule has 1 aromatic heterocycles. The normalized spacial score (nSPS) is 24.0. The van der Waals surface area contributed by atoms with Gasteiger partial charge >= 0.3 is 0 Å². The first-order valence-electron chi connectivity index (χ1n) is 8.73. The van der Waals surface area contributed by atoms with E-state index < -0.39 is 0 Å². The molecule has 5 heteroatoms. The van der Waals surface area contributed by atoms with Gasteiger partial charge in [0.05, 0.1) is 10.9 Å². The zero-order valence-corrected chi connectivity index (χ0v) is 14.6. The van der Waals surface area contributed by atoms with Crippen LogP contribution in [0, 0.1) is 18.8 Å². The highest BCUT2D eigenvalue weighted by molar-refractivity contribution is 5.79. The molecule has 1 aromatic carbocycles. The van der Waals surface area contributed by atoms with Crippen molar-refractivity contribution in [3.63, 3.8) is 0 Å². The molecule has 0 spiro atoms. The van der Waals surface area contributed by atoms with Gasteiger partial charge in [0, 0.05) is 6.04 Å². The number of hydrogen-bond acceptors (Lipinski definition) is 3. The molecule has 1 heterocycles. The third kappa shape index (κ3) is 3.21. The van der Waals surface area contributed by atoms with Crippen LogP contribution in [0.15, 0.2) is 29.1 Å². The van der Waals surface area contributed by atoms with Crippen molar-refractivity contribution in [1.82, 2.24) is 14.9 Å². The summed E-state index contributed by atoms with van der Waals surface area (Å²) in [5.74, 6) is 1.55. The molecule has 1 saturated carbocycles. The second-order valence-corrected chi connectivity index (χ2v) is 7.01. The molecule has 1 fully saturated rings. The minimum absolute atomic E-state index is 0.0279. The van der Waals surface area contributed by atoms with Crippen LogP contribution < -0.4 is 10.9 Å². The zero-order chi connectivity index (χ0) is 17.3. The molecule has 0 unspecified atom stereocenters. The molecule has 0 radical (unpaired) electrons. The van der Waals surface area contributed by atoms with Crippen LogP contribution in [0.1, 0.15) is 38.9 Å². The lowest BCUT2D eigenvalue weighted by Crippen LogP contribution is -2.45. The Morgan fingerprint density at radius 1 is 1.29 bits per heavy atom. The van der Waals surface area contributed by atoms with Gasteiger partial charge in [0.2, 0.25) is 5.91 Å². The molecule has 1 amide bonds. The molecular formula is C19H25N3O2. The summed E-state index contributed by atoms with van der Waals surface area (Å²) in [4.78, 5) is 29.6. The van der Waals surface area contributed by atoms with Gasteiger partial charge in [-0.15, -0.1) is 0 Å². The van der Waals surface area contributed by atoms with Gasteiger partial charge in [0.1, 0.15) is 12.4 Å². The van der Waals surface area contributed by atoms with E-state index in [9.17, 15) is 9.59 Å². The molecule has 1 N–H and O–H groups in total. The molecule has 128 valence electrons. The van der Waals surface area contributed by atoms with Gasteiger partial charge in [-0.3, -0.25) is 14.2 Å². The van der Waals surface area contributed by atoms with Crippen molar-refractivity contribution in [3.05, 3.63) is 40.4 Å². The van der Waals surface area contributed by atoms with Gasteiger partial charge in [-0.2, -0.15) is 0 Å². The molecule has 1 aliphatic carbocycles. The van der Waals surface area contributed by atoms with E-state index in [4.69, 9.17) is 0 Å². The van der Waals surface area contributed by atoms with Crippen molar-refractivity contribution in [2.75, 3.05) is 0 Å². The van der Waals surface area contributed by atoms with E-state index in [0.717, 1.165) is 12.8 Å². The van der Waals surface area contributed by atoms with Crippen LogP contribution in [-0.4, -0.2) is 21.5 Å². The molecule has 24 heavy (non-hydrogen) atoms. The number of nitrogens with zero attached hydrogens (tertiary/aromatic N) is 2. The van der Waals surface area contributed by atoms with Crippen LogP contribution in [0.3, 0.4) is 0 Å². The predicted octanol–water partition coefficient (Wildman–Crippen LogP) is 2.65. The lowest BCUT2D eigenvalue weighted by atomic mass is 9.78. The maximum atomic E-state index is 12.6. The Kier molecular flexibility index (Phi) is 4.69. The van der Waals surface area contributed by atoms with E-state index in [1.807, 2.05) is 18.2 Å². The van der Waals surface area contributed by atoms with Gasteiger partial charge < -0.3 is 5.32 Å². The van der Waals surface area contributed by atoms with Crippen LogP contribution in [0.2, 0.25) is 0 Å². The van der Waals surface area contributed by atoms with Gasteiger partial charge in [0.15, 0.2) is 0 Å². The van der Waals surface area contributed by atoms with Crippen molar-refractivity contribution >= 4 is 16.8 Å². The number of nitrogens with one attached hydrogen (secondary N) is 1. The molecule has 5 nitrogen and oxygen atoms in total. The molecule has 3 atom stereocenters. The number of amides is 1. The van der Waals surface area contributed by atoms with Crippen LogP contribution in [0.4, 0.5) is 0 Å². The number of carbonyl (C=O) groups is 1. The summed E-state index contributed by atoms with van der Waals surface area (Å²) in [7, 11) is 0. The monoisotopic (exact) mass is 327 g/mol. The molecule has 0 saturated heterocycles. The molecular weight excluding hydrogens is 302 g/mol. The fourth-order valence-corrected chi connectivity index (χ4v) is 3.65. The lowest BCUT2D eigenvalue weighted by Gasteiger charge is -2.34. The zero-order valence-electron chi connectivity index (χ0n) is 14.6. The molecule has 3 rings (SSSR count). The maximum Gasteiger partial charge on any atom is 0.261 e. The third-order valence-electron chi connectivity index (χ3n) is 5.41. The summed E-state index contributed by atoms with van der Waals surface area (Å²) < 4.78 is 1.47. The van der Waals surface area contributed by atoms with E-state index in [1.54, 1.807) is 13.0 Å². The number of aromatic nitrogens is 2. The summed E-state index contributed by atoms with van der Waals surface area (Å²) in [5.41, 5.74) is 0.518. The molecule has 2 aromatic rings. The number of fused-ring (bicyclic) bond motifs is 1. The van der Waals surface area contributed by atoms with E-state index >= 15 is 0 Å². The SMILES string of the molecule is Cc1nc2ccccc2c(=O)n1CC(=O)N[C@@H]1CCC[C@@H](C)[C@@H]1C. The summed E-state index contributed by atoms with van der Waals surface area (Å²) in [6.45, 7) is 6.24. The predicted molar refractivity (Wildman–Crippen MR) is 94.8 cm³/mol. The van der Waals surface area contributed by atoms with Gasteiger partial charge in [-0.1, -0.05) is 38.8 Å². The average Bonchev–Trinajstić information content (AvgIpc) is 2.56. The summed E-state index contributed by atoms with van der Waals surface area (Å²) in [6.07, 6.45) is 3.38. The number of para-hydroxylation sites is 1. The number of rotatable bonds is 3. The highest BCUT2D eigenvalue weighted by Gasteiger charge is 2.28. The Labute approximate surface area is 142 Å². The van der Waals surface area contributed by atoms with E-state index in [1.165, 1.54) is 11.0 Å². The largest absolute Gasteiger partial charge is 0.352 e. The van der Waals surface area contributed by atoms with Crippen LogP contribution in [0.25, 0.3) is 10.9 Å². The summed E-state index contributed by atoms with van der Waals surface area (Å²) in [5, 5.41) is 3.68. The Balaban J connectivity index is 1.79. The van der Waals surface area contributed by atoms with Crippen molar-refractivity contribution in [2.45, 2.75) is 52.6 Å². The summed E-state index contributed by atoms with van der Waals surface area (Å²) in [6, 6.07) is 7.45. The molecule has 0 aliphatic heterocycles. The van der Waals surface area contributed by atoms with Crippen molar-refractivity contribution in [1.29, 1.82) is 0 Å². The summed E-state index contributed by atoms with van der Waals surface area (Å²) >= 11 is 0. The van der Waals surface area contributed by atoms with Crippen LogP contribution >= 0.6 is 0 Å². The van der Waals surface area contributed by atoms with Gasteiger partial charge in [-0.25, -0.2) is 4.98 Å². The first-order valence-corrected chi connectivity index (χ1v) is 8.73. The number of hydrogen-bond donors (Lipinski definition) is 1. The Morgan fingerprint density at radius 2 is 2.04 bits per heavy atom. The number of aryl methyl sites for hydroxylation is 1. The van der Waals surface area contributed by atoms with Crippen molar-refractivity contribution < 1.29 is 4.79 Å². The minimum Gasteiger partial charge on any atom is -0.352 e. The maximum absolute atomic E-state index is 12.6. The Hall–Kier alpha value is -2.17. The quantitative estimate of drug-likeness (QED) is 0.942. The molecule has 1 aliphatic rings. The second kappa shape index (κ2) is 6.75. The van der Waals surface area contributed by atoms with E-state index in [-0.39, 0.29) is 24.1 Å². The van der Waals surface area contributed by atoms with Crippen LogP contribution in [-0.2, 0) is 11.3 Å².